The van der Waals surface area contributed by atoms with Crippen molar-refractivity contribution in [1.82, 2.24) is 24.7 Å². The highest BCUT2D eigenvalue weighted by Gasteiger charge is 2.51. The van der Waals surface area contributed by atoms with Gasteiger partial charge in [0.05, 0.1) is 29.7 Å². The number of benzene rings is 2. The lowest BCUT2D eigenvalue weighted by Crippen LogP contribution is -2.33. The molecule has 0 saturated carbocycles. The number of hydrogen-bond acceptors (Lipinski definition) is 8. The van der Waals surface area contributed by atoms with Crippen molar-refractivity contribution >= 4 is 34.4 Å². The number of nitrogens with zero attached hydrogens (tertiary/aromatic N) is 5. The second kappa shape index (κ2) is 8.47. The van der Waals surface area contributed by atoms with Gasteiger partial charge in [-0.2, -0.15) is 5.10 Å². The molecule has 4 heterocycles. The van der Waals surface area contributed by atoms with E-state index >= 15 is 0 Å². The first-order valence-electron chi connectivity index (χ1n) is 11.6. The fourth-order valence-electron chi connectivity index (χ4n) is 4.69. The van der Waals surface area contributed by atoms with Crippen LogP contribution in [-0.4, -0.2) is 41.7 Å². The summed E-state index contributed by atoms with van der Waals surface area (Å²) in [5.74, 6) is -1.58. The van der Waals surface area contributed by atoms with Crippen LogP contribution in [0.2, 0.25) is 0 Å². The Bertz CT molecular complexity index is 1760. The quantitative estimate of drug-likeness (QED) is 0.310. The minimum atomic E-state index is -1.47. The summed E-state index contributed by atoms with van der Waals surface area (Å²) < 4.78 is 21.5. The van der Waals surface area contributed by atoms with Gasteiger partial charge in [-0.25, -0.2) is 19.3 Å². The molecule has 0 saturated heterocycles. The molecular weight excluding hydrogens is 493 g/mol. The summed E-state index contributed by atoms with van der Waals surface area (Å²) in [6.45, 7) is 1.74. The molecule has 0 fully saturated rings. The lowest BCUT2D eigenvalue weighted by atomic mass is 9.84. The highest BCUT2D eigenvalue weighted by atomic mass is 19.1. The van der Waals surface area contributed by atoms with Crippen LogP contribution in [0.4, 0.5) is 16.0 Å². The molecule has 2 aromatic carbocycles. The number of oxazole rings is 1. The first-order valence-corrected chi connectivity index (χ1v) is 11.6. The third kappa shape index (κ3) is 3.57. The van der Waals surface area contributed by atoms with Crippen molar-refractivity contribution in [2.45, 2.75) is 25.3 Å². The topological polar surface area (TPSA) is 162 Å². The Hall–Kier alpha value is -5.13. The Morgan fingerprint density at radius 2 is 1.92 bits per heavy atom. The van der Waals surface area contributed by atoms with E-state index in [-0.39, 0.29) is 53.4 Å². The van der Waals surface area contributed by atoms with Gasteiger partial charge in [0.15, 0.2) is 11.2 Å². The SMILES string of the molecule is CC1(c2nc(CC(=O)O)co2)C(=O)Nc2nc(-c3nn(Cc4ccccc4F)c4ccccc34)nc(N)c21. The van der Waals surface area contributed by atoms with E-state index in [9.17, 15) is 14.0 Å². The molecular formula is C26H20FN7O4. The average Bonchev–Trinajstić information content (AvgIpc) is 3.56. The summed E-state index contributed by atoms with van der Waals surface area (Å²) >= 11 is 0. The second-order valence-electron chi connectivity index (χ2n) is 9.06. The Morgan fingerprint density at radius 1 is 1.16 bits per heavy atom. The van der Waals surface area contributed by atoms with Crippen molar-refractivity contribution < 1.29 is 23.5 Å². The number of carboxylic acids is 1. The summed E-state index contributed by atoms with van der Waals surface area (Å²) in [6.07, 6.45) is 0.835. The molecule has 0 aliphatic carbocycles. The van der Waals surface area contributed by atoms with Gasteiger partial charge in [-0.3, -0.25) is 14.3 Å². The first-order chi connectivity index (χ1) is 18.3. The predicted molar refractivity (Wildman–Crippen MR) is 134 cm³/mol. The van der Waals surface area contributed by atoms with Gasteiger partial charge in [0.1, 0.15) is 29.4 Å². The number of amides is 1. The summed E-state index contributed by atoms with van der Waals surface area (Å²) in [5, 5.41) is 17.2. The van der Waals surface area contributed by atoms with Crippen LogP contribution in [0, 0.1) is 5.82 Å². The normalized spacial score (nSPS) is 16.5. The van der Waals surface area contributed by atoms with E-state index in [2.05, 4.69) is 25.4 Å². The van der Waals surface area contributed by atoms with Crippen molar-refractivity contribution in [3.63, 3.8) is 0 Å². The van der Waals surface area contributed by atoms with Crippen LogP contribution in [-0.2, 0) is 28.0 Å². The number of aromatic nitrogens is 5. The van der Waals surface area contributed by atoms with Gasteiger partial charge in [0.2, 0.25) is 11.8 Å². The van der Waals surface area contributed by atoms with Crippen LogP contribution >= 0.6 is 0 Å². The van der Waals surface area contributed by atoms with E-state index in [1.54, 1.807) is 29.8 Å². The maximum Gasteiger partial charge on any atom is 0.309 e. The van der Waals surface area contributed by atoms with Gasteiger partial charge in [0.25, 0.3) is 0 Å². The number of nitrogens with two attached hydrogens (primary N) is 1. The summed E-state index contributed by atoms with van der Waals surface area (Å²) in [7, 11) is 0. The van der Waals surface area contributed by atoms with Crippen molar-refractivity contribution in [1.29, 1.82) is 0 Å². The van der Waals surface area contributed by atoms with Crippen LogP contribution in [0.15, 0.2) is 59.2 Å². The number of para-hydroxylation sites is 1. The number of anilines is 2. The van der Waals surface area contributed by atoms with E-state index in [0.717, 1.165) is 10.9 Å². The first kappa shape index (κ1) is 23.3. The molecule has 0 bridgehead atoms. The number of carbonyl (C=O) groups is 2. The molecule has 0 spiro atoms. The molecule has 38 heavy (non-hydrogen) atoms. The molecule has 5 aromatic rings. The zero-order valence-corrected chi connectivity index (χ0v) is 20.0. The monoisotopic (exact) mass is 513 g/mol. The summed E-state index contributed by atoms with van der Waals surface area (Å²) in [6, 6.07) is 13.9. The maximum atomic E-state index is 14.4. The van der Waals surface area contributed by atoms with E-state index < -0.39 is 17.3 Å². The lowest BCUT2D eigenvalue weighted by Gasteiger charge is -2.18. The second-order valence-corrected chi connectivity index (χ2v) is 9.06. The molecule has 1 atom stereocenters. The molecule has 1 amide bonds. The minimum Gasteiger partial charge on any atom is -0.481 e. The molecule has 1 aliphatic heterocycles. The number of aliphatic carboxylic acids is 1. The standard InChI is InChI=1S/C26H20FN7O4/c1-26(25-29-14(12-38-25)10-18(35)36)19-21(28)30-23(31-22(19)32-24(26)37)20-15-7-3-5-9-17(15)34(33-20)11-13-6-2-4-8-16(13)27/h2-9,12H,10-11H2,1H3,(H,35,36)(H3,28,30,31,32,37). The zero-order valence-electron chi connectivity index (χ0n) is 20.0. The van der Waals surface area contributed by atoms with Crippen LogP contribution in [0.3, 0.4) is 0 Å². The molecule has 6 rings (SSSR count). The van der Waals surface area contributed by atoms with Crippen molar-refractivity contribution in [3.8, 4) is 11.5 Å². The minimum absolute atomic E-state index is 0.0107. The largest absolute Gasteiger partial charge is 0.481 e. The van der Waals surface area contributed by atoms with Crippen molar-refractivity contribution in [2.24, 2.45) is 0 Å². The Morgan fingerprint density at radius 3 is 2.71 bits per heavy atom. The van der Waals surface area contributed by atoms with Crippen molar-refractivity contribution in [2.75, 3.05) is 11.1 Å². The van der Waals surface area contributed by atoms with E-state index in [0.29, 0.717) is 11.3 Å². The van der Waals surface area contributed by atoms with Crippen LogP contribution in [0.1, 0.15) is 29.6 Å². The van der Waals surface area contributed by atoms with Crippen molar-refractivity contribution in [3.05, 3.63) is 83.3 Å². The van der Waals surface area contributed by atoms with Gasteiger partial charge in [-0.1, -0.05) is 36.4 Å². The molecule has 0 radical (unpaired) electrons. The number of halogens is 1. The summed E-state index contributed by atoms with van der Waals surface area (Å²) in [4.78, 5) is 37.4. The number of nitrogen functional groups attached to an aromatic ring is 1. The molecule has 1 unspecified atom stereocenters. The molecule has 3 aromatic heterocycles. The fraction of sp³-hybridized carbons (Fsp3) is 0.154. The number of nitrogens with one attached hydrogen (secondary N) is 1. The van der Waals surface area contributed by atoms with Gasteiger partial charge < -0.3 is 20.6 Å². The highest BCUT2D eigenvalue weighted by molar-refractivity contribution is 6.08. The van der Waals surface area contributed by atoms with Crippen LogP contribution in [0.5, 0.6) is 0 Å². The predicted octanol–water partition coefficient (Wildman–Crippen LogP) is 3.14. The number of carboxylic acid groups (broad SMARTS) is 1. The van der Waals surface area contributed by atoms with E-state index in [1.807, 2.05) is 24.3 Å². The number of carbonyl (C=O) groups excluding carboxylic acids is 1. The molecule has 1 aliphatic rings. The molecule has 12 heteroatoms. The Labute approximate surface area is 214 Å². The van der Waals surface area contributed by atoms with Gasteiger partial charge in [-0.15, -0.1) is 0 Å². The third-order valence-electron chi connectivity index (χ3n) is 6.58. The Balaban J connectivity index is 1.44. The fourth-order valence-corrected chi connectivity index (χ4v) is 4.69. The van der Waals surface area contributed by atoms with Crippen LogP contribution < -0.4 is 11.1 Å². The summed E-state index contributed by atoms with van der Waals surface area (Å²) in [5.41, 5.74) is 6.96. The van der Waals surface area contributed by atoms with Gasteiger partial charge in [-0.05, 0) is 19.1 Å². The maximum absolute atomic E-state index is 14.4. The molecule has 190 valence electrons. The smallest absolute Gasteiger partial charge is 0.309 e. The third-order valence-corrected chi connectivity index (χ3v) is 6.58. The number of hydrogen-bond donors (Lipinski definition) is 3. The lowest BCUT2D eigenvalue weighted by molar-refractivity contribution is -0.136. The van der Waals surface area contributed by atoms with Gasteiger partial charge >= 0.3 is 5.97 Å². The zero-order chi connectivity index (χ0) is 26.6. The van der Waals surface area contributed by atoms with E-state index in [1.165, 1.54) is 12.3 Å². The number of rotatable bonds is 6. The molecule has 4 N–H and O–H groups in total. The Kier molecular flexibility index (Phi) is 5.19. The van der Waals surface area contributed by atoms with E-state index in [4.69, 9.17) is 15.3 Å². The number of fused-ring (bicyclic) bond motifs is 2. The molecule has 11 nitrogen and oxygen atoms in total. The average molecular weight is 513 g/mol. The van der Waals surface area contributed by atoms with Crippen LogP contribution in [0.25, 0.3) is 22.4 Å². The van der Waals surface area contributed by atoms with Gasteiger partial charge in [0, 0.05) is 10.9 Å². The highest BCUT2D eigenvalue weighted by Crippen LogP contribution is 2.45.